The Morgan fingerprint density at radius 2 is 1.48 bits per heavy atom. The normalized spacial score (nSPS) is 10.1. The number of carboxylic acid groups (broad SMARTS) is 1. The average molecular weight is 295 g/mol. The van der Waals surface area contributed by atoms with Crippen molar-refractivity contribution in [2.75, 3.05) is 0 Å². The molecule has 0 aromatic heterocycles. The SMILES string of the molecule is O=C(O)CCC(=O)NCc1cc(B(O)O)cc(B(O)O)c1. The van der Waals surface area contributed by atoms with E-state index in [9.17, 15) is 9.59 Å². The second kappa shape index (κ2) is 7.79. The molecule has 0 atom stereocenters. The fraction of sp³-hybridized carbons (Fsp3) is 0.273. The molecule has 0 saturated carbocycles. The Balaban J connectivity index is 2.73. The van der Waals surface area contributed by atoms with Gasteiger partial charge >= 0.3 is 20.2 Å². The molecule has 0 fully saturated rings. The minimum atomic E-state index is -1.79. The molecule has 0 aliphatic rings. The molecule has 10 heteroatoms. The highest BCUT2D eigenvalue weighted by Gasteiger charge is 2.18. The molecule has 1 amide bonds. The summed E-state index contributed by atoms with van der Waals surface area (Å²) in [4.78, 5) is 21.7. The molecule has 0 spiro atoms. The quantitative estimate of drug-likeness (QED) is 0.286. The van der Waals surface area contributed by atoms with Crippen molar-refractivity contribution in [3.63, 3.8) is 0 Å². The fourth-order valence-electron chi connectivity index (χ4n) is 1.66. The Morgan fingerprint density at radius 3 is 1.90 bits per heavy atom. The van der Waals surface area contributed by atoms with Gasteiger partial charge < -0.3 is 30.5 Å². The molecule has 0 bridgehead atoms. The van der Waals surface area contributed by atoms with Crippen LogP contribution in [0.25, 0.3) is 0 Å². The van der Waals surface area contributed by atoms with E-state index in [-0.39, 0.29) is 30.3 Å². The summed E-state index contributed by atoms with van der Waals surface area (Å²) in [5.41, 5.74) is 0.526. The van der Waals surface area contributed by atoms with E-state index in [0.717, 1.165) is 0 Å². The van der Waals surface area contributed by atoms with Crippen molar-refractivity contribution in [2.24, 2.45) is 0 Å². The Labute approximate surface area is 121 Å². The number of rotatable bonds is 7. The molecule has 0 aliphatic heterocycles. The van der Waals surface area contributed by atoms with Crippen LogP contribution >= 0.6 is 0 Å². The third-order valence-corrected chi connectivity index (χ3v) is 2.69. The topological polar surface area (TPSA) is 147 Å². The van der Waals surface area contributed by atoms with E-state index in [1.165, 1.54) is 18.2 Å². The highest BCUT2D eigenvalue weighted by Crippen LogP contribution is 1.98. The maximum Gasteiger partial charge on any atom is 0.488 e. The van der Waals surface area contributed by atoms with Gasteiger partial charge in [-0.1, -0.05) is 18.2 Å². The summed E-state index contributed by atoms with van der Waals surface area (Å²) in [6.45, 7) is -0.00126. The van der Waals surface area contributed by atoms with Gasteiger partial charge in [-0.15, -0.1) is 0 Å². The minimum Gasteiger partial charge on any atom is -0.481 e. The van der Waals surface area contributed by atoms with Crippen molar-refractivity contribution in [1.82, 2.24) is 5.32 Å². The summed E-state index contributed by atoms with van der Waals surface area (Å²) >= 11 is 0. The molecule has 112 valence electrons. The molecule has 1 aromatic rings. The van der Waals surface area contributed by atoms with Crippen LogP contribution in [-0.2, 0) is 16.1 Å². The van der Waals surface area contributed by atoms with Gasteiger partial charge in [-0.25, -0.2) is 0 Å². The molecular formula is C11H15B2NO7. The van der Waals surface area contributed by atoms with E-state index in [1.807, 2.05) is 0 Å². The molecule has 0 heterocycles. The number of carboxylic acids is 1. The van der Waals surface area contributed by atoms with E-state index in [1.54, 1.807) is 0 Å². The number of benzene rings is 1. The predicted octanol–water partition coefficient (Wildman–Crippen LogP) is -3.47. The Bertz CT molecular complexity index is 495. The summed E-state index contributed by atoms with van der Waals surface area (Å²) in [6.07, 6.45) is -0.463. The molecule has 0 unspecified atom stereocenters. The average Bonchev–Trinajstić information content (AvgIpc) is 2.42. The first kappa shape index (κ1) is 17.2. The number of nitrogens with one attached hydrogen (secondary N) is 1. The van der Waals surface area contributed by atoms with E-state index in [4.69, 9.17) is 25.2 Å². The van der Waals surface area contributed by atoms with Crippen LogP contribution in [0.3, 0.4) is 0 Å². The molecule has 6 N–H and O–H groups in total. The summed E-state index contributed by atoms with van der Waals surface area (Å²) in [7, 11) is -3.57. The van der Waals surface area contributed by atoms with Crippen molar-refractivity contribution in [1.29, 1.82) is 0 Å². The van der Waals surface area contributed by atoms with E-state index in [0.29, 0.717) is 5.56 Å². The van der Waals surface area contributed by atoms with E-state index in [2.05, 4.69) is 5.32 Å². The Kier molecular flexibility index (Phi) is 6.38. The van der Waals surface area contributed by atoms with Crippen molar-refractivity contribution >= 4 is 37.0 Å². The predicted molar refractivity (Wildman–Crippen MR) is 74.8 cm³/mol. The number of hydrogen-bond acceptors (Lipinski definition) is 6. The highest BCUT2D eigenvalue weighted by atomic mass is 16.4. The van der Waals surface area contributed by atoms with Crippen molar-refractivity contribution in [3.8, 4) is 0 Å². The summed E-state index contributed by atoms with van der Waals surface area (Å²) in [5.74, 6) is -1.56. The molecule has 1 aromatic carbocycles. The maximum absolute atomic E-state index is 11.4. The second-order valence-corrected chi connectivity index (χ2v) is 4.43. The Hall–Kier alpha value is -1.87. The van der Waals surface area contributed by atoms with Gasteiger partial charge in [0.1, 0.15) is 0 Å². The van der Waals surface area contributed by atoms with Crippen LogP contribution in [0.15, 0.2) is 18.2 Å². The van der Waals surface area contributed by atoms with Gasteiger partial charge in [-0.3, -0.25) is 9.59 Å². The molecule has 1 rings (SSSR count). The zero-order valence-corrected chi connectivity index (χ0v) is 11.1. The monoisotopic (exact) mass is 295 g/mol. The van der Waals surface area contributed by atoms with Gasteiger partial charge in [0.2, 0.25) is 5.91 Å². The lowest BCUT2D eigenvalue weighted by molar-refractivity contribution is -0.138. The first-order chi connectivity index (χ1) is 9.79. The molecule has 21 heavy (non-hydrogen) atoms. The van der Waals surface area contributed by atoms with Crippen molar-refractivity contribution in [2.45, 2.75) is 19.4 Å². The van der Waals surface area contributed by atoms with Gasteiger partial charge in [-0.2, -0.15) is 0 Å². The third kappa shape index (κ3) is 5.96. The van der Waals surface area contributed by atoms with Gasteiger partial charge in [0.05, 0.1) is 6.42 Å². The highest BCUT2D eigenvalue weighted by molar-refractivity contribution is 6.62. The van der Waals surface area contributed by atoms with Crippen LogP contribution in [0.5, 0.6) is 0 Å². The number of amides is 1. The second-order valence-electron chi connectivity index (χ2n) is 4.43. The van der Waals surface area contributed by atoms with Crippen molar-refractivity contribution < 1.29 is 34.8 Å². The van der Waals surface area contributed by atoms with Crippen LogP contribution in [-0.4, -0.2) is 51.3 Å². The molecule has 0 aliphatic carbocycles. The van der Waals surface area contributed by atoms with Gasteiger partial charge in [0, 0.05) is 13.0 Å². The van der Waals surface area contributed by atoms with Gasteiger partial charge in [0.25, 0.3) is 0 Å². The fourth-order valence-corrected chi connectivity index (χ4v) is 1.66. The number of hydrogen-bond donors (Lipinski definition) is 6. The van der Waals surface area contributed by atoms with Crippen molar-refractivity contribution in [3.05, 3.63) is 23.8 Å². The smallest absolute Gasteiger partial charge is 0.481 e. The lowest BCUT2D eigenvalue weighted by atomic mass is 9.72. The zero-order chi connectivity index (χ0) is 16.0. The number of carbonyl (C=O) groups is 2. The largest absolute Gasteiger partial charge is 0.488 e. The first-order valence-electron chi connectivity index (χ1n) is 6.14. The molecule has 0 radical (unpaired) electrons. The molecular weight excluding hydrogens is 280 g/mol. The maximum atomic E-state index is 11.4. The zero-order valence-electron chi connectivity index (χ0n) is 11.1. The first-order valence-corrected chi connectivity index (χ1v) is 6.14. The summed E-state index contributed by atoms with van der Waals surface area (Å²) in [5, 5.41) is 47.4. The van der Waals surface area contributed by atoms with Crippen LogP contribution in [0, 0.1) is 0 Å². The van der Waals surface area contributed by atoms with Crippen LogP contribution in [0.1, 0.15) is 18.4 Å². The van der Waals surface area contributed by atoms with E-state index < -0.39 is 26.1 Å². The molecule has 0 saturated heterocycles. The lowest BCUT2D eigenvalue weighted by Gasteiger charge is -2.10. The summed E-state index contributed by atoms with van der Waals surface area (Å²) < 4.78 is 0. The van der Waals surface area contributed by atoms with Crippen LogP contribution in [0.2, 0.25) is 0 Å². The van der Waals surface area contributed by atoms with Gasteiger partial charge in [-0.05, 0) is 16.5 Å². The minimum absolute atomic E-state index is 0.00126. The van der Waals surface area contributed by atoms with Crippen LogP contribution in [0.4, 0.5) is 0 Å². The standard InChI is InChI=1S/C11H15B2NO7/c15-10(1-2-11(16)17)14-6-7-3-8(12(18)19)5-9(4-7)13(20)21/h3-5,18-21H,1-2,6H2,(H,14,15)(H,16,17). The van der Waals surface area contributed by atoms with Gasteiger partial charge in [0.15, 0.2) is 0 Å². The Morgan fingerprint density at radius 1 is 0.952 bits per heavy atom. The van der Waals surface area contributed by atoms with Crippen LogP contribution < -0.4 is 16.2 Å². The number of aliphatic carboxylic acids is 1. The molecule has 8 nitrogen and oxygen atoms in total. The number of carbonyl (C=O) groups excluding carboxylic acids is 1. The third-order valence-electron chi connectivity index (χ3n) is 2.69. The summed E-state index contributed by atoms with van der Waals surface area (Å²) in [6, 6.07) is 3.98. The lowest BCUT2D eigenvalue weighted by Crippen LogP contribution is -2.39. The van der Waals surface area contributed by atoms with E-state index >= 15 is 0 Å².